The zero-order chi connectivity index (χ0) is 21.1. The third-order valence-electron chi connectivity index (χ3n) is 5.47. The molecule has 2 aromatic carbocycles. The monoisotopic (exact) mass is 404 g/mol. The summed E-state index contributed by atoms with van der Waals surface area (Å²) in [5.74, 6) is -0.253. The Kier molecular flexibility index (Phi) is 5.47. The number of likely N-dealkylation sites (tertiary alicyclic amines) is 1. The molecular formula is C22H24N6O2. The maximum atomic E-state index is 12.7. The Hall–Kier alpha value is -3.68. The van der Waals surface area contributed by atoms with Crippen LogP contribution in [0.25, 0.3) is 16.8 Å². The summed E-state index contributed by atoms with van der Waals surface area (Å²) in [5.41, 5.74) is 9.37. The molecule has 0 bridgehead atoms. The van der Waals surface area contributed by atoms with Gasteiger partial charge in [-0.15, -0.1) is 5.10 Å². The predicted octanol–water partition coefficient (Wildman–Crippen LogP) is 2.52. The number of amides is 3. The first-order valence-corrected chi connectivity index (χ1v) is 9.96. The van der Waals surface area contributed by atoms with Crippen LogP contribution in [0.1, 0.15) is 29.0 Å². The fourth-order valence-electron chi connectivity index (χ4n) is 3.71. The van der Waals surface area contributed by atoms with Gasteiger partial charge in [0.15, 0.2) is 5.69 Å². The number of rotatable bonds is 4. The average molecular weight is 404 g/mol. The number of aromatic nitrogens is 3. The fourth-order valence-corrected chi connectivity index (χ4v) is 3.71. The summed E-state index contributed by atoms with van der Waals surface area (Å²) in [5, 5.41) is 11.3. The molecule has 0 spiro atoms. The Labute approximate surface area is 174 Å². The van der Waals surface area contributed by atoms with Crippen molar-refractivity contribution in [3.8, 4) is 16.8 Å². The van der Waals surface area contributed by atoms with Gasteiger partial charge in [0.1, 0.15) is 0 Å². The largest absolute Gasteiger partial charge is 0.351 e. The Bertz CT molecular complexity index is 1040. The molecule has 1 saturated heterocycles. The third kappa shape index (κ3) is 4.03. The van der Waals surface area contributed by atoms with Gasteiger partial charge < -0.3 is 16.0 Å². The first-order valence-electron chi connectivity index (χ1n) is 9.96. The van der Waals surface area contributed by atoms with Gasteiger partial charge in [-0.05, 0) is 43.0 Å². The minimum atomic E-state index is -0.420. The molecule has 1 aliphatic rings. The van der Waals surface area contributed by atoms with Gasteiger partial charge in [0, 0.05) is 19.1 Å². The second kappa shape index (κ2) is 8.36. The van der Waals surface area contributed by atoms with Crippen LogP contribution >= 0.6 is 0 Å². The molecule has 3 amide bonds. The van der Waals surface area contributed by atoms with E-state index >= 15 is 0 Å². The molecule has 3 N–H and O–H groups in total. The quantitative estimate of drug-likeness (QED) is 0.697. The minimum absolute atomic E-state index is 0.0113. The van der Waals surface area contributed by atoms with Gasteiger partial charge in [-0.3, -0.25) is 4.79 Å². The van der Waals surface area contributed by atoms with E-state index in [1.807, 2.05) is 49.4 Å². The number of nitrogens with one attached hydrogen (secondary N) is 1. The number of carbonyl (C=O) groups is 2. The van der Waals surface area contributed by atoms with Crippen molar-refractivity contribution in [3.05, 3.63) is 66.0 Å². The van der Waals surface area contributed by atoms with E-state index in [0.717, 1.165) is 16.8 Å². The lowest BCUT2D eigenvalue weighted by molar-refractivity contribution is 0.0913. The van der Waals surface area contributed by atoms with Crippen LogP contribution < -0.4 is 11.1 Å². The summed E-state index contributed by atoms with van der Waals surface area (Å²) in [6.45, 7) is 2.91. The highest BCUT2D eigenvalue weighted by Gasteiger charge is 2.25. The molecule has 2 heterocycles. The highest BCUT2D eigenvalue weighted by atomic mass is 16.2. The molecular weight excluding hydrogens is 380 g/mol. The van der Waals surface area contributed by atoms with E-state index in [4.69, 9.17) is 5.73 Å². The predicted molar refractivity (Wildman–Crippen MR) is 113 cm³/mol. The molecule has 154 valence electrons. The summed E-state index contributed by atoms with van der Waals surface area (Å²) >= 11 is 0. The van der Waals surface area contributed by atoms with Crippen molar-refractivity contribution in [2.45, 2.75) is 25.8 Å². The van der Waals surface area contributed by atoms with E-state index in [0.29, 0.717) is 37.3 Å². The molecule has 0 saturated carbocycles. The van der Waals surface area contributed by atoms with E-state index in [-0.39, 0.29) is 11.9 Å². The summed E-state index contributed by atoms with van der Waals surface area (Å²) in [4.78, 5) is 25.5. The van der Waals surface area contributed by atoms with Crippen LogP contribution in [-0.4, -0.2) is 51.0 Å². The molecule has 30 heavy (non-hydrogen) atoms. The number of nitrogens with two attached hydrogens (primary N) is 1. The van der Waals surface area contributed by atoms with Crippen LogP contribution in [0.4, 0.5) is 4.79 Å². The summed E-state index contributed by atoms with van der Waals surface area (Å²) in [6.07, 6.45) is 1.34. The maximum absolute atomic E-state index is 12.7. The smallest absolute Gasteiger partial charge is 0.314 e. The van der Waals surface area contributed by atoms with Crippen LogP contribution in [0.2, 0.25) is 0 Å². The summed E-state index contributed by atoms with van der Waals surface area (Å²) in [6, 6.07) is 17.7. The minimum Gasteiger partial charge on any atom is -0.351 e. The van der Waals surface area contributed by atoms with Gasteiger partial charge >= 0.3 is 6.03 Å². The molecule has 0 radical (unpaired) electrons. The number of hydrogen-bond donors (Lipinski definition) is 2. The highest BCUT2D eigenvalue weighted by molar-refractivity contribution is 5.93. The maximum Gasteiger partial charge on any atom is 0.314 e. The topological polar surface area (TPSA) is 106 Å². The standard InChI is InChI=1S/C22H24N6O2/c1-15-20(21(29)24-18-11-13-27(14-12-18)22(23)30)25-26-28(15)19-9-7-17(8-10-19)16-5-3-2-4-6-16/h2-10,18H,11-14H2,1H3,(H2,23,30)(H,24,29). The van der Waals surface area contributed by atoms with Crippen molar-refractivity contribution < 1.29 is 9.59 Å². The van der Waals surface area contributed by atoms with Gasteiger partial charge in [0.2, 0.25) is 0 Å². The summed E-state index contributed by atoms with van der Waals surface area (Å²) in [7, 11) is 0. The van der Waals surface area contributed by atoms with Crippen molar-refractivity contribution in [2.24, 2.45) is 5.73 Å². The Morgan fingerprint density at radius 2 is 1.63 bits per heavy atom. The van der Waals surface area contributed by atoms with Crippen LogP contribution in [0.3, 0.4) is 0 Å². The third-order valence-corrected chi connectivity index (χ3v) is 5.47. The van der Waals surface area contributed by atoms with Gasteiger partial charge in [0.05, 0.1) is 11.4 Å². The van der Waals surface area contributed by atoms with Crippen LogP contribution in [0.15, 0.2) is 54.6 Å². The van der Waals surface area contributed by atoms with Crippen LogP contribution in [-0.2, 0) is 0 Å². The average Bonchev–Trinajstić information content (AvgIpc) is 3.16. The number of nitrogens with zero attached hydrogens (tertiary/aromatic N) is 4. The Balaban J connectivity index is 1.45. The van der Waals surface area contributed by atoms with Gasteiger partial charge in [0.25, 0.3) is 5.91 Å². The number of urea groups is 1. The molecule has 0 atom stereocenters. The summed E-state index contributed by atoms with van der Waals surface area (Å²) < 4.78 is 1.67. The lowest BCUT2D eigenvalue weighted by atomic mass is 10.1. The Morgan fingerprint density at radius 3 is 2.27 bits per heavy atom. The highest BCUT2D eigenvalue weighted by Crippen LogP contribution is 2.21. The molecule has 1 aromatic heterocycles. The lowest BCUT2D eigenvalue weighted by Crippen LogP contribution is -2.48. The first-order chi connectivity index (χ1) is 14.5. The van der Waals surface area contributed by atoms with E-state index in [2.05, 4.69) is 27.8 Å². The van der Waals surface area contributed by atoms with Crippen molar-refractivity contribution in [2.75, 3.05) is 13.1 Å². The molecule has 0 aliphatic carbocycles. The Morgan fingerprint density at radius 1 is 1.00 bits per heavy atom. The van der Waals surface area contributed by atoms with Crippen LogP contribution in [0.5, 0.6) is 0 Å². The number of carbonyl (C=O) groups excluding carboxylic acids is 2. The van der Waals surface area contributed by atoms with Crippen molar-refractivity contribution >= 4 is 11.9 Å². The molecule has 8 nitrogen and oxygen atoms in total. The zero-order valence-corrected chi connectivity index (χ0v) is 16.8. The fraction of sp³-hybridized carbons (Fsp3) is 0.273. The number of piperidine rings is 1. The molecule has 8 heteroatoms. The van der Waals surface area contributed by atoms with Crippen molar-refractivity contribution in [1.82, 2.24) is 25.2 Å². The second-order valence-electron chi connectivity index (χ2n) is 7.42. The molecule has 1 aliphatic heterocycles. The molecule has 3 aromatic rings. The van der Waals surface area contributed by atoms with Gasteiger partial charge in [-0.25, -0.2) is 9.48 Å². The van der Waals surface area contributed by atoms with E-state index < -0.39 is 6.03 Å². The van der Waals surface area contributed by atoms with E-state index in [1.165, 1.54) is 0 Å². The number of primary amides is 1. The first kappa shape index (κ1) is 19.6. The molecule has 1 fully saturated rings. The second-order valence-corrected chi connectivity index (χ2v) is 7.42. The number of benzene rings is 2. The van der Waals surface area contributed by atoms with Crippen molar-refractivity contribution in [1.29, 1.82) is 0 Å². The van der Waals surface area contributed by atoms with Gasteiger partial charge in [-0.2, -0.15) is 0 Å². The van der Waals surface area contributed by atoms with E-state index in [1.54, 1.807) is 9.58 Å². The normalized spacial score (nSPS) is 14.5. The zero-order valence-electron chi connectivity index (χ0n) is 16.8. The van der Waals surface area contributed by atoms with Crippen molar-refractivity contribution in [3.63, 3.8) is 0 Å². The number of hydrogen-bond acceptors (Lipinski definition) is 4. The van der Waals surface area contributed by atoms with Gasteiger partial charge in [-0.1, -0.05) is 47.7 Å². The van der Waals surface area contributed by atoms with Crippen LogP contribution in [0, 0.1) is 6.92 Å². The van der Waals surface area contributed by atoms with E-state index in [9.17, 15) is 9.59 Å². The SMILES string of the molecule is Cc1c(C(=O)NC2CCN(C(N)=O)CC2)nnn1-c1ccc(-c2ccccc2)cc1. The lowest BCUT2D eigenvalue weighted by Gasteiger charge is -2.31. The molecule has 4 rings (SSSR count). The molecule has 0 unspecified atom stereocenters.